The van der Waals surface area contributed by atoms with Gasteiger partial charge in [-0.2, -0.15) is 5.26 Å². The Hall–Kier alpha value is -2.65. The van der Waals surface area contributed by atoms with Crippen LogP contribution in [0.4, 0.5) is 17.3 Å². The molecule has 1 saturated heterocycles. The number of ether oxygens (including phenoxy) is 1. The van der Waals surface area contributed by atoms with E-state index >= 15 is 0 Å². The van der Waals surface area contributed by atoms with Crippen LogP contribution in [-0.2, 0) is 4.74 Å². The lowest BCUT2D eigenvalue weighted by Crippen LogP contribution is -2.19. The number of aromatic nitrogens is 2. The van der Waals surface area contributed by atoms with Crippen molar-refractivity contribution in [3.8, 4) is 6.07 Å². The number of anilines is 3. The van der Waals surface area contributed by atoms with E-state index in [1.807, 2.05) is 31.2 Å². The first kappa shape index (κ1) is 15.3. The average Bonchev–Trinajstić information content (AvgIpc) is 3.06. The number of nitrogens with one attached hydrogen (secondary N) is 2. The molecular formula is C17H19N5O. The molecule has 0 saturated carbocycles. The summed E-state index contributed by atoms with van der Waals surface area (Å²) in [6.07, 6.45) is 2.45. The van der Waals surface area contributed by atoms with Crippen molar-refractivity contribution in [3.05, 3.63) is 41.7 Å². The summed E-state index contributed by atoms with van der Waals surface area (Å²) in [7, 11) is 0. The van der Waals surface area contributed by atoms with Gasteiger partial charge in [-0.25, -0.2) is 9.97 Å². The van der Waals surface area contributed by atoms with E-state index in [1.54, 1.807) is 6.07 Å². The molecule has 1 aromatic heterocycles. The Kier molecular flexibility index (Phi) is 4.69. The Morgan fingerprint density at radius 2 is 2.13 bits per heavy atom. The second-order valence-electron chi connectivity index (χ2n) is 5.48. The number of para-hydroxylation sites is 1. The highest BCUT2D eigenvalue weighted by Gasteiger charge is 2.15. The standard InChI is InChI=1S/C17H19N5O/c1-12-20-16(19-11-14-6-4-8-23-14)9-17(21-12)22-15-7-3-2-5-13(15)10-18/h2-3,5,7,9,14H,4,6,8,11H2,1H3,(H2,19,20,21,22). The van der Waals surface area contributed by atoms with Crippen molar-refractivity contribution >= 4 is 17.3 Å². The quantitative estimate of drug-likeness (QED) is 0.883. The highest BCUT2D eigenvalue weighted by atomic mass is 16.5. The third kappa shape index (κ3) is 3.96. The zero-order chi connectivity index (χ0) is 16.1. The molecule has 0 bridgehead atoms. The minimum absolute atomic E-state index is 0.251. The zero-order valence-electron chi connectivity index (χ0n) is 13.0. The molecule has 2 heterocycles. The fourth-order valence-corrected chi connectivity index (χ4v) is 2.57. The fraction of sp³-hybridized carbons (Fsp3) is 0.353. The van der Waals surface area contributed by atoms with Gasteiger partial charge in [0, 0.05) is 19.2 Å². The normalized spacial score (nSPS) is 16.8. The summed E-state index contributed by atoms with van der Waals surface area (Å²) in [6.45, 7) is 3.43. The molecular weight excluding hydrogens is 290 g/mol. The topological polar surface area (TPSA) is 82.9 Å². The number of nitrogens with zero attached hydrogens (tertiary/aromatic N) is 3. The number of hydrogen-bond acceptors (Lipinski definition) is 6. The van der Waals surface area contributed by atoms with Gasteiger partial charge in [-0.05, 0) is 31.9 Å². The van der Waals surface area contributed by atoms with Crippen LogP contribution in [0.15, 0.2) is 30.3 Å². The molecule has 3 rings (SSSR count). The summed E-state index contributed by atoms with van der Waals surface area (Å²) in [5.41, 5.74) is 1.32. The smallest absolute Gasteiger partial charge is 0.136 e. The van der Waals surface area contributed by atoms with E-state index in [9.17, 15) is 0 Å². The molecule has 2 aromatic rings. The molecule has 6 heteroatoms. The van der Waals surface area contributed by atoms with E-state index in [1.165, 1.54) is 0 Å². The minimum atomic E-state index is 0.251. The van der Waals surface area contributed by atoms with E-state index in [4.69, 9.17) is 10.00 Å². The Morgan fingerprint density at radius 1 is 1.30 bits per heavy atom. The SMILES string of the molecule is Cc1nc(NCC2CCCO2)cc(Nc2ccccc2C#N)n1. The van der Waals surface area contributed by atoms with E-state index < -0.39 is 0 Å². The largest absolute Gasteiger partial charge is 0.376 e. The van der Waals surface area contributed by atoms with Crippen molar-refractivity contribution < 1.29 is 4.74 Å². The van der Waals surface area contributed by atoms with E-state index in [2.05, 4.69) is 26.7 Å². The Bertz CT molecular complexity index is 719. The molecule has 1 fully saturated rings. The van der Waals surface area contributed by atoms with Gasteiger partial charge in [0.2, 0.25) is 0 Å². The molecule has 2 N–H and O–H groups in total. The number of hydrogen-bond donors (Lipinski definition) is 2. The molecule has 0 radical (unpaired) electrons. The zero-order valence-corrected chi connectivity index (χ0v) is 13.0. The lowest BCUT2D eigenvalue weighted by atomic mass is 10.2. The van der Waals surface area contributed by atoms with Crippen molar-refractivity contribution in [2.75, 3.05) is 23.8 Å². The van der Waals surface area contributed by atoms with Gasteiger partial charge in [-0.15, -0.1) is 0 Å². The highest BCUT2D eigenvalue weighted by Crippen LogP contribution is 2.21. The van der Waals surface area contributed by atoms with Gasteiger partial charge in [0.05, 0.1) is 17.4 Å². The van der Waals surface area contributed by atoms with Crippen LogP contribution < -0.4 is 10.6 Å². The van der Waals surface area contributed by atoms with E-state index in [0.717, 1.165) is 37.5 Å². The van der Waals surface area contributed by atoms with Crippen LogP contribution in [0.1, 0.15) is 24.2 Å². The monoisotopic (exact) mass is 309 g/mol. The van der Waals surface area contributed by atoms with Crippen LogP contribution in [0.3, 0.4) is 0 Å². The number of nitriles is 1. The molecule has 6 nitrogen and oxygen atoms in total. The van der Waals surface area contributed by atoms with E-state index in [-0.39, 0.29) is 6.10 Å². The Balaban J connectivity index is 1.73. The van der Waals surface area contributed by atoms with Crippen molar-refractivity contribution in [3.63, 3.8) is 0 Å². The molecule has 1 atom stereocenters. The molecule has 1 unspecified atom stereocenters. The molecule has 118 valence electrons. The second-order valence-corrected chi connectivity index (χ2v) is 5.48. The van der Waals surface area contributed by atoms with Crippen LogP contribution in [0, 0.1) is 18.3 Å². The molecule has 0 spiro atoms. The lowest BCUT2D eigenvalue weighted by Gasteiger charge is -2.13. The number of aryl methyl sites for hydroxylation is 1. The van der Waals surface area contributed by atoms with Gasteiger partial charge in [0.15, 0.2) is 0 Å². The Labute approximate surface area is 135 Å². The predicted molar refractivity (Wildman–Crippen MR) is 88.7 cm³/mol. The first-order valence-corrected chi connectivity index (χ1v) is 7.72. The molecule has 23 heavy (non-hydrogen) atoms. The fourth-order valence-electron chi connectivity index (χ4n) is 2.57. The molecule has 0 amide bonds. The number of benzene rings is 1. The van der Waals surface area contributed by atoms with Gasteiger partial charge in [0.25, 0.3) is 0 Å². The van der Waals surface area contributed by atoms with E-state index in [0.29, 0.717) is 17.2 Å². The van der Waals surface area contributed by atoms with Crippen LogP contribution in [0.5, 0.6) is 0 Å². The first-order chi connectivity index (χ1) is 11.2. The van der Waals surface area contributed by atoms with Gasteiger partial charge in [-0.1, -0.05) is 12.1 Å². The van der Waals surface area contributed by atoms with Gasteiger partial charge in [-0.3, -0.25) is 0 Å². The Morgan fingerprint density at radius 3 is 2.91 bits per heavy atom. The van der Waals surface area contributed by atoms with Crippen molar-refractivity contribution in [2.45, 2.75) is 25.9 Å². The van der Waals surface area contributed by atoms with Crippen LogP contribution >= 0.6 is 0 Å². The minimum Gasteiger partial charge on any atom is -0.376 e. The summed E-state index contributed by atoms with van der Waals surface area (Å²) in [5, 5.41) is 15.7. The van der Waals surface area contributed by atoms with Crippen molar-refractivity contribution in [1.29, 1.82) is 5.26 Å². The first-order valence-electron chi connectivity index (χ1n) is 7.72. The maximum absolute atomic E-state index is 9.16. The molecule has 1 aliphatic rings. The third-order valence-corrected chi connectivity index (χ3v) is 3.68. The molecule has 1 aromatic carbocycles. The van der Waals surface area contributed by atoms with Crippen LogP contribution in [0.25, 0.3) is 0 Å². The summed E-state index contributed by atoms with van der Waals surface area (Å²) >= 11 is 0. The van der Waals surface area contributed by atoms with Gasteiger partial charge >= 0.3 is 0 Å². The second kappa shape index (κ2) is 7.07. The molecule has 1 aliphatic heterocycles. The summed E-state index contributed by atoms with van der Waals surface area (Å²) < 4.78 is 5.60. The molecule has 0 aliphatic carbocycles. The van der Waals surface area contributed by atoms with Crippen molar-refractivity contribution in [2.24, 2.45) is 0 Å². The predicted octanol–water partition coefficient (Wildman–Crippen LogP) is 2.99. The van der Waals surface area contributed by atoms with Crippen LogP contribution in [0.2, 0.25) is 0 Å². The maximum atomic E-state index is 9.16. The maximum Gasteiger partial charge on any atom is 0.136 e. The van der Waals surface area contributed by atoms with Crippen molar-refractivity contribution in [1.82, 2.24) is 9.97 Å². The lowest BCUT2D eigenvalue weighted by molar-refractivity contribution is 0.120. The van der Waals surface area contributed by atoms with Crippen LogP contribution in [-0.4, -0.2) is 29.2 Å². The van der Waals surface area contributed by atoms with Gasteiger partial charge < -0.3 is 15.4 Å². The average molecular weight is 309 g/mol. The third-order valence-electron chi connectivity index (χ3n) is 3.68. The number of rotatable bonds is 5. The van der Waals surface area contributed by atoms with Gasteiger partial charge in [0.1, 0.15) is 23.5 Å². The summed E-state index contributed by atoms with van der Waals surface area (Å²) in [6, 6.07) is 11.4. The summed E-state index contributed by atoms with van der Waals surface area (Å²) in [4.78, 5) is 8.78. The highest BCUT2D eigenvalue weighted by molar-refractivity contribution is 5.65. The summed E-state index contributed by atoms with van der Waals surface area (Å²) in [5.74, 6) is 2.08.